The summed E-state index contributed by atoms with van der Waals surface area (Å²) in [4.78, 5) is 0. The van der Waals surface area contributed by atoms with Crippen LogP contribution in [0.3, 0.4) is 0 Å². The highest BCUT2D eigenvalue weighted by molar-refractivity contribution is 5.29. The van der Waals surface area contributed by atoms with Gasteiger partial charge in [0.15, 0.2) is 0 Å². The smallest absolute Gasteiger partial charge is 0.0193 e. The maximum Gasteiger partial charge on any atom is 0.0193 e. The quantitative estimate of drug-likeness (QED) is 0.516. The van der Waals surface area contributed by atoms with E-state index in [2.05, 4.69) is 24.3 Å². The van der Waals surface area contributed by atoms with Gasteiger partial charge in [-0.05, 0) is 12.3 Å². The Morgan fingerprint density at radius 2 is 2.11 bits per heavy atom. The van der Waals surface area contributed by atoms with Gasteiger partial charge in [-0.1, -0.05) is 24.3 Å². The molecule has 0 spiro atoms. The summed E-state index contributed by atoms with van der Waals surface area (Å²) in [6, 6.07) is 0. The van der Waals surface area contributed by atoms with Crippen LogP contribution in [0.2, 0.25) is 0 Å². The standard InChI is InChI=1S/C8H11N/c9-6-8-3-1-7(5-8)2-4-8/h1-4,7H,5-6,9H2. The van der Waals surface area contributed by atoms with Crippen LogP contribution in [0.5, 0.6) is 0 Å². The number of rotatable bonds is 1. The predicted molar refractivity (Wildman–Crippen MR) is 37.9 cm³/mol. The average Bonchev–Trinajstić information content (AvgIpc) is 2.46. The number of fused-ring (bicyclic) bond motifs is 2. The Bertz CT molecular complexity index is 165. The highest BCUT2D eigenvalue weighted by Gasteiger charge is 2.34. The Morgan fingerprint density at radius 1 is 1.44 bits per heavy atom. The van der Waals surface area contributed by atoms with Gasteiger partial charge in [-0.3, -0.25) is 0 Å². The van der Waals surface area contributed by atoms with Crippen molar-refractivity contribution in [1.29, 1.82) is 0 Å². The zero-order valence-corrected chi connectivity index (χ0v) is 5.38. The highest BCUT2D eigenvalue weighted by atomic mass is 14.6. The summed E-state index contributed by atoms with van der Waals surface area (Å²) in [6.45, 7) is 0.774. The molecule has 1 nitrogen and oxygen atoms in total. The monoisotopic (exact) mass is 121 g/mol. The summed E-state index contributed by atoms with van der Waals surface area (Å²) in [6.07, 6.45) is 10.2. The molecule has 0 aromatic rings. The minimum absolute atomic E-state index is 0.269. The zero-order chi connectivity index (χ0) is 6.32. The van der Waals surface area contributed by atoms with E-state index in [1.807, 2.05) is 0 Å². The molecule has 2 rings (SSSR count). The minimum atomic E-state index is 0.269. The Morgan fingerprint density at radius 3 is 2.33 bits per heavy atom. The molecule has 48 valence electrons. The van der Waals surface area contributed by atoms with Gasteiger partial charge in [0.05, 0.1) is 0 Å². The van der Waals surface area contributed by atoms with E-state index in [1.165, 1.54) is 6.42 Å². The van der Waals surface area contributed by atoms with Crippen LogP contribution in [-0.2, 0) is 0 Å². The van der Waals surface area contributed by atoms with Crippen LogP contribution in [0.25, 0.3) is 0 Å². The van der Waals surface area contributed by atoms with Gasteiger partial charge in [0.25, 0.3) is 0 Å². The van der Waals surface area contributed by atoms with Crippen molar-refractivity contribution >= 4 is 0 Å². The van der Waals surface area contributed by atoms with Crippen LogP contribution in [0.15, 0.2) is 24.3 Å². The second kappa shape index (κ2) is 1.48. The van der Waals surface area contributed by atoms with Crippen molar-refractivity contribution in [2.75, 3.05) is 6.54 Å². The van der Waals surface area contributed by atoms with Crippen molar-refractivity contribution in [2.24, 2.45) is 17.1 Å². The van der Waals surface area contributed by atoms with Crippen LogP contribution >= 0.6 is 0 Å². The molecule has 0 saturated carbocycles. The minimum Gasteiger partial charge on any atom is -0.329 e. The largest absolute Gasteiger partial charge is 0.329 e. The molecule has 0 radical (unpaired) electrons. The molecule has 0 aromatic heterocycles. The first-order valence-corrected chi connectivity index (χ1v) is 3.43. The second-order valence-corrected chi connectivity index (χ2v) is 3.02. The summed E-state index contributed by atoms with van der Waals surface area (Å²) in [5.41, 5.74) is 5.87. The van der Waals surface area contributed by atoms with Crippen LogP contribution in [-0.4, -0.2) is 6.54 Å². The van der Waals surface area contributed by atoms with E-state index in [1.54, 1.807) is 0 Å². The molecule has 0 unspecified atom stereocenters. The molecule has 0 saturated heterocycles. The SMILES string of the molecule is NCC12C=CC(C=C1)C2. The summed E-state index contributed by atoms with van der Waals surface area (Å²) < 4.78 is 0. The zero-order valence-electron chi connectivity index (χ0n) is 5.38. The van der Waals surface area contributed by atoms with Crippen LogP contribution in [0.1, 0.15) is 6.42 Å². The summed E-state index contributed by atoms with van der Waals surface area (Å²) in [7, 11) is 0. The first-order valence-electron chi connectivity index (χ1n) is 3.43. The third kappa shape index (κ3) is 0.583. The molecule has 0 fully saturated rings. The molecular formula is C8H11N. The molecule has 0 atom stereocenters. The number of hydrogen-bond donors (Lipinski definition) is 1. The van der Waals surface area contributed by atoms with Crippen LogP contribution in [0, 0.1) is 11.3 Å². The molecule has 0 amide bonds. The third-order valence-electron chi connectivity index (χ3n) is 2.35. The summed E-state index contributed by atoms with van der Waals surface area (Å²) in [5, 5.41) is 0. The molecule has 2 aliphatic rings. The van der Waals surface area contributed by atoms with E-state index >= 15 is 0 Å². The van der Waals surface area contributed by atoms with Gasteiger partial charge >= 0.3 is 0 Å². The Kier molecular flexibility index (Phi) is 0.862. The maximum absolute atomic E-state index is 5.60. The number of hydrogen-bond acceptors (Lipinski definition) is 1. The Hall–Kier alpha value is -0.560. The molecule has 0 heterocycles. The fraction of sp³-hybridized carbons (Fsp3) is 0.500. The van der Waals surface area contributed by atoms with Gasteiger partial charge < -0.3 is 5.73 Å². The van der Waals surface area contributed by atoms with Crippen molar-refractivity contribution in [3.63, 3.8) is 0 Å². The van der Waals surface area contributed by atoms with Gasteiger partial charge in [-0.25, -0.2) is 0 Å². The molecule has 0 aliphatic heterocycles. The van der Waals surface area contributed by atoms with Gasteiger partial charge in [0.1, 0.15) is 0 Å². The van der Waals surface area contributed by atoms with Gasteiger partial charge in [-0.15, -0.1) is 0 Å². The fourth-order valence-corrected chi connectivity index (χ4v) is 1.68. The summed E-state index contributed by atoms with van der Waals surface area (Å²) >= 11 is 0. The van der Waals surface area contributed by atoms with E-state index in [4.69, 9.17) is 5.73 Å². The molecule has 2 bridgehead atoms. The van der Waals surface area contributed by atoms with Gasteiger partial charge in [0, 0.05) is 12.0 Å². The highest BCUT2D eigenvalue weighted by Crippen LogP contribution is 2.42. The van der Waals surface area contributed by atoms with E-state index < -0.39 is 0 Å². The van der Waals surface area contributed by atoms with Crippen molar-refractivity contribution in [2.45, 2.75) is 6.42 Å². The molecule has 0 aromatic carbocycles. The Balaban J connectivity index is 2.32. The first-order chi connectivity index (χ1) is 4.35. The van der Waals surface area contributed by atoms with Gasteiger partial charge in [-0.2, -0.15) is 0 Å². The van der Waals surface area contributed by atoms with Crippen molar-refractivity contribution in [3.8, 4) is 0 Å². The molecule has 9 heavy (non-hydrogen) atoms. The molecule has 1 heteroatoms. The van der Waals surface area contributed by atoms with Crippen LogP contribution in [0.4, 0.5) is 0 Å². The van der Waals surface area contributed by atoms with E-state index in [9.17, 15) is 0 Å². The summed E-state index contributed by atoms with van der Waals surface area (Å²) in [5.74, 6) is 0.702. The molecule has 2 aliphatic carbocycles. The maximum atomic E-state index is 5.60. The molecule has 2 N–H and O–H groups in total. The Labute approximate surface area is 55.2 Å². The molecular weight excluding hydrogens is 110 g/mol. The predicted octanol–water partition coefficient (Wildman–Crippen LogP) is 1.08. The van der Waals surface area contributed by atoms with Crippen molar-refractivity contribution in [1.82, 2.24) is 0 Å². The lowest BCUT2D eigenvalue weighted by atomic mass is 9.91. The van der Waals surface area contributed by atoms with E-state index in [0.29, 0.717) is 5.92 Å². The van der Waals surface area contributed by atoms with Crippen molar-refractivity contribution in [3.05, 3.63) is 24.3 Å². The number of allylic oxidation sites excluding steroid dienone is 2. The normalized spacial score (nSPS) is 44.8. The fourth-order valence-electron chi connectivity index (χ4n) is 1.68. The second-order valence-electron chi connectivity index (χ2n) is 3.02. The van der Waals surface area contributed by atoms with Gasteiger partial charge in [0.2, 0.25) is 0 Å². The topological polar surface area (TPSA) is 26.0 Å². The third-order valence-corrected chi connectivity index (χ3v) is 2.35. The van der Waals surface area contributed by atoms with E-state index in [-0.39, 0.29) is 5.41 Å². The first kappa shape index (κ1) is 5.24. The lowest BCUT2D eigenvalue weighted by molar-refractivity contribution is 0.495. The lowest BCUT2D eigenvalue weighted by Crippen LogP contribution is -2.22. The number of nitrogens with two attached hydrogens (primary N) is 1. The van der Waals surface area contributed by atoms with Crippen molar-refractivity contribution < 1.29 is 0 Å². The van der Waals surface area contributed by atoms with E-state index in [0.717, 1.165) is 6.54 Å². The average molecular weight is 121 g/mol. The van der Waals surface area contributed by atoms with Crippen LogP contribution < -0.4 is 5.73 Å². The lowest BCUT2D eigenvalue weighted by Gasteiger charge is -2.16.